The van der Waals surface area contributed by atoms with Gasteiger partial charge in [0.15, 0.2) is 5.82 Å². The van der Waals surface area contributed by atoms with Crippen molar-refractivity contribution in [3.63, 3.8) is 0 Å². The third-order valence-corrected chi connectivity index (χ3v) is 5.99. The average Bonchev–Trinajstić information content (AvgIpc) is 3.51. The number of aromatic nitrogens is 6. The number of rotatable bonds is 6. The van der Waals surface area contributed by atoms with Crippen LogP contribution in [0.4, 0.5) is 4.39 Å². The molecule has 3 N–H and O–H groups in total. The zero-order valence-electron chi connectivity index (χ0n) is 19.0. The summed E-state index contributed by atoms with van der Waals surface area (Å²) >= 11 is 0. The van der Waals surface area contributed by atoms with Crippen LogP contribution in [0.25, 0.3) is 55.8 Å². The molecule has 0 spiro atoms. The molecule has 6 aromatic rings. The van der Waals surface area contributed by atoms with Gasteiger partial charge in [-0.15, -0.1) is 0 Å². The van der Waals surface area contributed by atoms with Gasteiger partial charge in [0.25, 0.3) is 0 Å². The van der Waals surface area contributed by atoms with Gasteiger partial charge in [-0.05, 0) is 54.1 Å². The van der Waals surface area contributed by atoms with E-state index in [0.717, 1.165) is 46.2 Å². The van der Waals surface area contributed by atoms with Gasteiger partial charge in [0, 0.05) is 41.6 Å². The predicted molar refractivity (Wildman–Crippen MR) is 135 cm³/mol. The van der Waals surface area contributed by atoms with Crippen molar-refractivity contribution in [1.82, 2.24) is 35.5 Å². The number of nitrogens with zero attached hydrogens (tertiary/aromatic N) is 4. The summed E-state index contributed by atoms with van der Waals surface area (Å²) in [6, 6.07) is 16.6. The second-order valence-corrected chi connectivity index (χ2v) is 8.35. The van der Waals surface area contributed by atoms with Crippen LogP contribution in [0.3, 0.4) is 0 Å². The largest absolute Gasteiger partial charge is 0.336 e. The molecule has 0 bridgehead atoms. The van der Waals surface area contributed by atoms with Gasteiger partial charge in [-0.1, -0.05) is 25.1 Å². The molecule has 7 nitrogen and oxygen atoms in total. The van der Waals surface area contributed by atoms with E-state index in [0.29, 0.717) is 28.3 Å². The van der Waals surface area contributed by atoms with Gasteiger partial charge in [0.1, 0.15) is 17.0 Å². The second-order valence-electron chi connectivity index (χ2n) is 8.35. The Morgan fingerprint density at radius 3 is 2.74 bits per heavy atom. The Hall–Kier alpha value is -4.43. The van der Waals surface area contributed by atoms with Crippen molar-refractivity contribution < 1.29 is 4.39 Å². The first kappa shape index (κ1) is 21.1. The van der Waals surface area contributed by atoms with Crippen molar-refractivity contribution in [2.24, 2.45) is 0 Å². The van der Waals surface area contributed by atoms with E-state index in [4.69, 9.17) is 4.98 Å². The lowest BCUT2D eigenvalue weighted by Gasteiger charge is -2.06. The lowest BCUT2D eigenvalue weighted by atomic mass is 10.0. The van der Waals surface area contributed by atoms with Crippen LogP contribution in [0, 0.1) is 5.82 Å². The molecule has 0 aliphatic rings. The molecule has 2 aromatic carbocycles. The van der Waals surface area contributed by atoms with Gasteiger partial charge < -0.3 is 10.3 Å². The molecule has 0 radical (unpaired) electrons. The highest BCUT2D eigenvalue weighted by molar-refractivity contribution is 5.97. The van der Waals surface area contributed by atoms with Crippen molar-refractivity contribution in [3.05, 3.63) is 84.6 Å². The first-order chi connectivity index (χ1) is 17.2. The molecule has 0 atom stereocenters. The van der Waals surface area contributed by atoms with E-state index in [1.165, 1.54) is 12.1 Å². The Balaban J connectivity index is 1.44. The summed E-state index contributed by atoms with van der Waals surface area (Å²) in [5, 5.41) is 11.9. The normalized spacial score (nSPS) is 11.5. The number of aromatic amines is 2. The highest BCUT2D eigenvalue weighted by Crippen LogP contribution is 2.32. The van der Waals surface area contributed by atoms with Crippen LogP contribution in [-0.4, -0.2) is 36.7 Å². The zero-order valence-corrected chi connectivity index (χ0v) is 19.0. The highest BCUT2D eigenvalue weighted by atomic mass is 19.1. The summed E-state index contributed by atoms with van der Waals surface area (Å²) in [7, 11) is 0. The molecule has 4 heterocycles. The minimum Gasteiger partial charge on any atom is -0.336 e. The van der Waals surface area contributed by atoms with Crippen LogP contribution >= 0.6 is 0 Å². The number of pyridine rings is 2. The summed E-state index contributed by atoms with van der Waals surface area (Å²) in [5.41, 5.74) is 7.60. The topological polar surface area (TPSA) is 95.2 Å². The van der Waals surface area contributed by atoms with Crippen LogP contribution in [0.5, 0.6) is 0 Å². The lowest BCUT2D eigenvalue weighted by Crippen LogP contribution is -2.11. The molecule has 0 saturated carbocycles. The van der Waals surface area contributed by atoms with Crippen molar-refractivity contribution >= 4 is 21.9 Å². The Morgan fingerprint density at radius 1 is 0.914 bits per heavy atom. The third-order valence-electron chi connectivity index (χ3n) is 5.99. The van der Waals surface area contributed by atoms with E-state index < -0.39 is 0 Å². The predicted octanol–water partition coefficient (Wildman–Crippen LogP) is 5.48. The van der Waals surface area contributed by atoms with Crippen LogP contribution in [0.1, 0.15) is 12.5 Å². The molecule has 0 fully saturated rings. The lowest BCUT2D eigenvalue weighted by molar-refractivity contribution is 0.628. The van der Waals surface area contributed by atoms with Gasteiger partial charge in [0.2, 0.25) is 0 Å². The number of hydrogen-bond donors (Lipinski definition) is 3. The fourth-order valence-corrected chi connectivity index (χ4v) is 4.28. The molecular formula is C27H22FN7. The monoisotopic (exact) mass is 463 g/mol. The van der Waals surface area contributed by atoms with Gasteiger partial charge >= 0.3 is 0 Å². The van der Waals surface area contributed by atoms with Crippen LogP contribution < -0.4 is 5.32 Å². The van der Waals surface area contributed by atoms with E-state index in [2.05, 4.69) is 55.6 Å². The number of benzene rings is 2. The molecule has 0 unspecified atom stereocenters. The molecule has 0 amide bonds. The summed E-state index contributed by atoms with van der Waals surface area (Å²) < 4.78 is 13.8. The summed E-state index contributed by atoms with van der Waals surface area (Å²) in [6.07, 6.45) is 5.44. The van der Waals surface area contributed by atoms with Crippen molar-refractivity contribution in [2.75, 3.05) is 6.54 Å². The molecule has 6 rings (SSSR count). The minimum absolute atomic E-state index is 0.313. The zero-order chi connectivity index (χ0) is 23.8. The molecule has 0 saturated heterocycles. The Kier molecular flexibility index (Phi) is 5.27. The van der Waals surface area contributed by atoms with Crippen molar-refractivity contribution in [3.8, 4) is 33.9 Å². The third kappa shape index (κ3) is 3.94. The molecular weight excluding hydrogens is 441 g/mol. The smallest absolute Gasteiger partial charge is 0.159 e. The van der Waals surface area contributed by atoms with E-state index in [9.17, 15) is 4.39 Å². The van der Waals surface area contributed by atoms with E-state index in [1.54, 1.807) is 12.3 Å². The van der Waals surface area contributed by atoms with Crippen molar-refractivity contribution in [2.45, 2.75) is 13.5 Å². The number of hydrogen-bond acceptors (Lipinski definition) is 5. The second kappa shape index (κ2) is 8.73. The molecule has 172 valence electrons. The van der Waals surface area contributed by atoms with Gasteiger partial charge in [-0.2, -0.15) is 5.10 Å². The first-order valence-electron chi connectivity index (χ1n) is 11.4. The first-order valence-corrected chi connectivity index (χ1v) is 11.4. The maximum atomic E-state index is 13.8. The molecule has 0 aliphatic heterocycles. The van der Waals surface area contributed by atoms with E-state index in [-0.39, 0.29) is 5.82 Å². The molecule has 8 heteroatoms. The maximum absolute atomic E-state index is 13.8. The summed E-state index contributed by atoms with van der Waals surface area (Å²) in [5.74, 6) is 0.306. The fraction of sp³-hybridized carbons (Fsp3) is 0.111. The van der Waals surface area contributed by atoms with Gasteiger partial charge in [0.05, 0.1) is 16.7 Å². The number of halogens is 1. The highest BCUT2D eigenvalue weighted by Gasteiger charge is 2.16. The molecule has 4 aromatic heterocycles. The maximum Gasteiger partial charge on any atom is 0.159 e. The average molecular weight is 464 g/mol. The van der Waals surface area contributed by atoms with Crippen LogP contribution in [0.15, 0.2) is 73.2 Å². The molecule has 0 aliphatic carbocycles. The van der Waals surface area contributed by atoms with E-state index in [1.807, 2.05) is 30.6 Å². The number of nitrogens with one attached hydrogen (secondary N) is 3. The number of imidazole rings is 1. The SMILES string of the molecule is CCNCc1cncc(-c2ccc3[nH]nc(-c4nc5c(-c6cccc(F)c6)nccc5[nH]4)c3c2)c1. The summed E-state index contributed by atoms with van der Waals surface area (Å²) in [6.45, 7) is 3.76. The number of H-pyrrole nitrogens is 2. The fourth-order valence-electron chi connectivity index (χ4n) is 4.28. The van der Waals surface area contributed by atoms with Crippen LogP contribution in [-0.2, 0) is 6.54 Å². The van der Waals surface area contributed by atoms with E-state index >= 15 is 0 Å². The summed E-state index contributed by atoms with van der Waals surface area (Å²) in [4.78, 5) is 17.1. The van der Waals surface area contributed by atoms with Gasteiger partial charge in [-0.3, -0.25) is 15.1 Å². The van der Waals surface area contributed by atoms with Crippen LogP contribution in [0.2, 0.25) is 0 Å². The minimum atomic E-state index is -0.313. The van der Waals surface area contributed by atoms with Crippen molar-refractivity contribution in [1.29, 1.82) is 0 Å². The Bertz CT molecular complexity index is 1670. The Labute approximate surface area is 200 Å². The number of fused-ring (bicyclic) bond motifs is 2. The Morgan fingerprint density at radius 2 is 1.86 bits per heavy atom. The van der Waals surface area contributed by atoms with Gasteiger partial charge in [-0.25, -0.2) is 9.37 Å². The standard InChI is InChI=1S/C27H22FN7/c1-2-29-13-16-10-19(15-30-14-16)17-6-7-22-21(12-17)25(35-34-22)27-32-23-8-9-31-24(26(23)33-27)18-4-3-5-20(28)11-18/h3-12,14-15,29H,2,13H2,1H3,(H,32,33)(H,34,35). The molecule has 35 heavy (non-hydrogen) atoms. The quantitative estimate of drug-likeness (QED) is 0.304.